The van der Waals surface area contributed by atoms with Crippen LogP contribution >= 0.6 is 0 Å². The first-order valence-corrected chi connectivity index (χ1v) is 4.59. The number of para-hydroxylation sites is 1. The number of methoxy groups -OCH3 is 1. The SMILES string of the molecule is COc1cnn(-c2c(F)cccc2C=O)c1. The average molecular weight is 220 g/mol. The van der Waals surface area contributed by atoms with Crippen molar-refractivity contribution in [2.75, 3.05) is 7.11 Å². The highest BCUT2D eigenvalue weighted by Gasteiger charge is 2.11. The van der Waals surface area contributed by atoms with E-state index in [1.807, 2.05) is 0 Å². The summed E-state index contributed by atoms with van der Waals surface area (Å²) in [5.74, 6) is -0.00421. The van der Waals surface area contributed by atoms with Gasteiger partial charge in [0.2, 0.25) is 0 Å². The van der Waals surface area contributed by atoms with Crippen LogP contribution in [-0.2, 0) is 0 Å². The Labute approximate surface area is 91.3 Å². The van der Waals surface area contributed by atoms with Crippen molar-refractivity contribution in [2.24, 2.45) is 0 Å². The predicted molar refractivity (Wildman–Crippen MR) is 55.5 cm³/mol. The normalized spacial score (nSPS) is 10.1. The fourth-order valence-corrected chi connectivity index (χ4v) is 1.40. The molecule has 1 heterocycles. The van der Waals surface area contributed by atoms with Gasteiger partial charge in [-0.2, -0.15) is 5.10 Å². The molecule has 0 unspecified atom stereocenters. The molecular weight excluding hydrogens is 211 g/mol. The van der Waals surface area contributed by atoms with E-state index in [9.17, 15) is 9.18 Å². The summed E-state index contributed by atoms with van der Waals surface area (Å²) in [7, 11) is 1.49. The molecule has 0 spiro atoms. The van der Waals surface area contributed by atoms with Crippen molar-refractivity contribution in [3.8, 4) is 11.4 Å². The maximum Gasteiger partial charge on any atom is 0.157 e. The van der Waals surface area contributed by atoms with Gasteiger partial charge in [-0.25, -0.2) is 9.07 Å². The molecule has 0 aliphatic heterocycles. The van der Waals surface area contributed by atoms with E-state index in [0.717, 1.165) is 0 Å². The molecule has 4 nitrogen and oxygen atoms in total. The Morgan fingerprint density at radius 1 is 1.50 bits per heavy atom. The zero-order valence-corrected chi connectivity index (χ0v) is 8.55. The van der Waals surface area contributed by atoms with Crippen molar-refractivity contribution >= 4 is 6.29 Å². The van der Waals surface area contributed by atoms with Crippen LogP contribution in [-0.4, -0.2) is 23.2 Å². The molecule has 0 radical (unpaired) electrons. The van der Waals surface area contributed by atoms with Gasteiger partial charge in [0.05, 0.1) is 19.5 Å². The van der Waals surface area contributed by atoms with Crippen LogP contribution in [0.5, 0.6) is 5.75 Å². The molecule has 0 aliphatic carbocycles. The Balaban J connectivity index is 2.58. The fraction of sp³-hybridized carbons (Fsp3) is 0.0909. The lowest BCUT2D eigenvalue weighted by molar-refractivity contribution is 0.112. The second kappa shape index (κ2) is 4.14. The summed E-state index contributed by atoms with van der Waals surface area (Å²) in [5, 5.41) is 3.92. The van der Waals surface area contributed by atoms with Crippen molar-refractivity contribution < 1.29 is 13.9 Å². The van der Waals surface area contributed by atoms with Gasteiger partial charge in [0.15, 0.2) is 12.0 Å². The lowest BCUT2D eigenvalue weighted by Gasteiger charge is -2.05. The van der Waals surface area contributed by atoms with E-state index in [4.69, 9.17) is 4.74 Å². The predicted octanol–water partition coefficient (Wildman–Crippen LogP) is 1.83. The van der Waals surface area contributed by atoms with E-state index in [0.29, 0.717) is 12.0 Å². The molecule has 0 bridgehead atoms. The van der Waals surface area contributed by atoms with Gasteiger partial charge >= 0.3 is 0 Å². The van der Waals surface area contributed by atoms with Crippen molar-refractivity contribution in [3.63, 3.8) is 0 Å². The minimum absolute atomic E-state index is 0.126. The van der Waals surface area contributed by atoms with Crippen molar-refractivity contribution in [3.05, 3.63) is 42.0 Å². The molecule has 2 rings (SSSR count). The Kier molecular flexibility index (Phi) is 2.68. The number of rotatable bonds is 3. The number of nitrogens with zero attached hydrogens (tertiary/aromatic N) is 2. The smallest absolute Gasteiger partial charge is 0.157 e. The van der Waals surface area contributed by atoms with E-state index < -0.39 is 5.82 Å². The van der Waals surface area contributed by atoms with E-state index >= 15 is 0 Å². The highest BCUT2D eigenvalue weighted by Crippen LogP contribution is 2.19. The minimum Gasteiger partial charge on any atom is -0.493 e. The number of ether oxygens (including phenoxy) is 1. The minimum atomic E-state index is -0.504. The molecule has 0 amide bonds. The molecule has 0 fully saturated rings. The molecule has 1 aromatic heterocycles. The quantitative estimate of drug-likeness (QED) is 0.741. The van der Waals surface area contributed by atoms with Gasteiger partial charge < -0.3 is 4.74 Å². The zero-order valence-electron chi connectivity index (χ0n) is 8.55. The van der Waals surface area contributed by atoms with Crippen LogP contribution in [0.15, 0.2) is 30.6 Å². The Hall–Kier alpha value is -2.17. The first-order chi connectivity index (χ1) is 7.76. The Morgan fingerprint density at radius 2 is 2.31 bits per heavy atom. The third-order valence-corrected chi connectivity index (χ3v) is 2.17. The van der Waals surface area contributed by atoms with Gasteiger partial charge in [0.25, 0.3) is 0 Å². The molecule has 0 aliphatic rings. The molecule has 0 saturated carbocycles. The number of aldehydes is 1. The van der Waals surface area contributed by atoms with Crippen molar-refractivity contribution in [1.82, 2.24) is 9.78 Å². The molecule has 1 aromatic carbocycles. The van der Waals surface area contributed by atoms with E-state index in [1.165, 1.54) is 42.4 Å². The molecule has 16 heavy (non-hydrogen) atoms. The average Bonchev–Trinajstić information content (AvgIpc) is 2.76. The number of halogens is 1. The first-order valence-electron chi connectivity index (χ1n) is 4.59. The lowest BCUT2D eigenvalue weighted by atomic mass is 10.2. The molecule has 5 heteroatoms. The maximum absolute atomic E-state index is 13.6. The van der Waals surface area contributed by atoms with Gasteiger partial charge in [-0.1, -0.05) is 6.07 Å². The summed E-state index contributed by atoms with van der Waals surface area (Å²) >= 11 is 0. The largest absolute Gasteiger partial charge is 0.493 e. The zero-order chi connectivity index (χ0) is 11.5. The van der Waals surface area contributed by atoms with Crippen LogP contribution in [0.2, 0.25) is 0 Å². The lowest BCUT2D eigenvalue weighted by Crippen LogP contribution is -2.02. The second-order valence-corrected chi connectivity index (χ2v) is 3.12. The topological polar surface area (TPSA) is 44.1 Å². The first kappa shape index (κ1) is 10.4. The number of carbonyl (C=O) groups excluding carboxylic acids is 1. The van der Waals surface area contributed by atoms with Crippen LogP contribution in [0.3, 0.4) is 0 Å². The molecule has 2 aromatic rings. The van der Waals surface area contributed by atoms with E-state index in [-0.39, 0.29) is 11.3 Å². The summed E-state index contributed by atoms with van der Waals surface area (Å²) in [6.07, 6.45) is 3.54. The molecule has 82 valence electrons. The number of hydrogen-bond donors (Lipinski definition) is 0. The molecule has 0 saturated heterocycles. The van der Waals surface area contributed by atoms with Crippen molar-refractivity contribution in [2.45, 2.75) is 0 Å². The van der Waals surface area contributed by atoms with E-state index in [2.05, 4.69) is 5.10 Å². The summed E-state index contributed by atoms with van der Waals surface area (Å²) < 4.78 is 19.8. The Morgan fingerprint density at radius 3 is 2.94 bits per heavy atom. The van der Waals surface area contributed by atoms with Gasteiger partial charge in [0.1, 0.15) is 11.5 Å². The highest BCUT2D eigenvalue weighted by molar-refractivity contribution is 5.80. The number of hydrogen-bond acceptors (Lipinski definition) is 3. The number of carbonyl (C=O) groups is 1. The van der Waals surface area contributed by atoms with Crippen LogP contribution in [0.25, 0.3) is 5.69 Å². The van der Waals surface area contributed by atoms with Gasteiger partial charge in [0, 0.05) is 5.56 Å². The summed E-state index contributed by atoms with van der Waals surface area (Å²) in [5.41, 5.74) is 0.367. The third-order valence-electron chi connectivity index (χ3n) is 2.17. The van der Waals surface area contributed by atoms with Gasteiger partial charge in [-0.3, -0.25) is 4.79 Å². The highest BCUT2D eigenvalue weighted by atomic mass is 19.1. The molecular formula is C11H9FN2O2. The number of aromatic nitrogens is 2. The molecule has 0 N–H and O–H groups in total. The monoisotopic (exact) mass is 220 g/mol. The third kappa shape index (κ3) is 1.67. The summed E-state index contributed by atoms with van der Waals surface area (Å²) in [6, 6.07) is 4.28. The van der Waals surface area contributed by atoms with Crippen molar-refractivity contribution in [1.29, 1.82) is 0 Å². The van der Waals surface area contributed by atoms with Crippen LogP contribution < -0.4 is 4.74 Å². The van der Waals surface area contributed by atoms with Crippen LogP contribution in [0.1, 0.15) is 10.4 Å². The number of benzene rings is 1. The fourth-order valence-electron chi connectivity index (χ4n) is 1.40. The van der Waals surface area contributed by atoms with Gasteiger partial charge in [-0.05, 0) is 12.1 Å². The standard InChI is InChI=1S/C11H9FN2O2/c1-16-9-5-13-14(6-9)11-8(7-15)3-2-4-10(11)12/h2-7H,1H3. The van der Waals surface area contributed by atoms with Crippen LogP contribution in [0.4, 0.5) is 4.39 Å². The van der Waals surface area contributed by atoms with E-state index in [1.54, 1.807) is 0 Å². The maximum atomic E-state index is 13.6. The second-order valence-electron chi connectivity index (χ2n) is 3.12. The Bertz CT molecular complexity index is 522. The summed E-state index contributed by atoms with van der Waals surface area (Å²) in [4.78, 5) is 10.8. The van der Waals surface area contributed by atoms with Gasteiger partial charge in [-0.15, -0.1) is 0 Å². The summed E-state index contributed by atoms with van der Waals surface area (Å²) in [6.45, 7) is 0. The molecule has 0 atom stereocenters. The van der Waals surface area contributed by atoms with Crippen LogP contribution in [0, 0.1) is 5.82 Å².